The molecule has 0 bridgehead atoms. The van der Waals surface area contributed by atoms with E-state index in [9.17, 15) is 13.2 Å². The molecular formula is C14H21N3O4S. The summed E-state index contributed by atoms with van der Waals surface area (Å²) in [5.41, 5.74) is 0. The fraction of sp³-hybridized carbons (Fsp3) is 0.643. The van der Waals surface area contributed by atoms with Crippen LogP contribution in [0.2, 0.25) is 0 Å². The SMILES string of the molecule is Cn1ccc(S(=O)(=O)N2CCN(C(=O)[C@@H]3CCCO3)CC2)c1. The minimum absolute atomic E-state index is 0.00532. The Bertz CT molecular complexity index is 641. The van der Waals surface area contributed by atoms with E-state index in [0.717, 1.165) is 12.8 Å². The van der Waals surface area contributed by atoms with Gasteiger partial charge in [-0.15, -0.1) is 0 Å². The van der Waals surface area contributed by atoms with Crippen molar-refractivity contribution in [3.05, 3.63) is 18.5 Å². The Morgan fingerprint density at radius 3 is 2.55 bits per heavy atom. The van der Waals surface area contributed by atoms with Crippen LogP contribution in [0.1, 0.15) is 12.8 Å². The van der Waals surface area contributed by atoms with Crippen LogP contribution >= 0.6 is 0 Å². The molecule has 0 unspecified atom stereocenters. The quantitative estimate of drug-likeness (QED) is 0.786. The van der Waals surface area contributed by atoms with Gasteiger partial charge in [-0.3, -0.25) is 4.79 Å². The second-order valence-electron chi connectivity index (χ2n) is 5.74. The maximum absolute atomic E-state index is 12.5. The number of ether oxygens (including phenoxy) is 1. The van der Waals surface area contributed by atoms with Crippen LogP contribution in [0.3, 0.4) is 0 Å². The van der Waals surface area contributed by atoms with Gasteiger partial charge in [0.2, 0.25) is 10.0 Å². The summed E-state index contributed by atoms with van der Waals surface area (Å²) >= 11 is 0. The van der Waals surface area contributed by atoms with Crippen molar-refractivity contribution in [3.8, 4) is 0 Å². The summed E-state index contributed by atoms with van der Waals surface area (Å²) in [5.74, 6) is -0.00532. The molecule has 1 amide bonds. The third kappa shape index (κ3) is 2.90. The zero-order chi connectivity index (χ0) is 15.7. The van der Waals surface area contributed by atoms with Gasteiger partial charge in [-0.25, -0.2) is 8.42 Å². The zero-order valence-corrected chi connectivity index (χ0v) is 13.5. The zero-order valence-electron chi connectivity index (χ0n) is 12.6. The van der Waals surface area contributed by atoms with Crippen LogP contribution in [0, 0.1) is 0 Å². The smallest absolute Gasteiger partial charge is 0.251 e. The van der Waals surface area contributed by atoms with E-state index in [2.05, 4.69) is 0 Å². The molecule has 0 N–H and O–H groups in total. The van der Waals surface area contributed by atoms with E-state index in [0.29, 0.717) is 37.7 Å². The molecule has 122 valence electrons. The van der Waals surface area contributed by atoms with Crippen molar-refractivity contribution in [1.82, 2.24) is 13.8 Å². The average Bonchev–Trinajstić information content (AvgIpc) is 3.18. The van der Waals surface area contributed by atoms with Gasteiger partial charge in [0.1, 0.15) is 6.10 Å². The van der Waals surface area contributed by atoms with Crippen LogP contribution in [0.5, 0.6) is 0 Å². The summed E-state index contributed by atoms with van der Waals surface area (Å²) in [6, 6.07) is 1.60. The Morgan fingerprint density at radius 1 is 1.27 bits per heavy atom. The number of aryl methyl sites for hydroxylation is 1. The van der Waals surface area contributed by atoms with Gasteiger partial charge in [0, 0.05) is 52.2 Å². The third-order valence-corrected chi connectivity index (χ3v) is 6.08. The second kappa shape index (κ2) is 6.02. The molecule has 22 heavy (non-hydrogen) atoms. The molecule has 8 heteroatoms. The number of aromatic nitrogens is 1. The molecule has 2 aliphatic heterocycles. The highest BCUT2D eigenvalue weighted by atomic mass is 32.2. The molecule has 0 radical (unpaired) electrons. The first-order valence-corrected chi connectivity index (χ1v) is 8.95. The topological polar surface area (TPSA) is 71.9 Å². The van der Waals surface area contributed by atoms with Crippen LogP contribution in [0.4, 0.5) is 0 Å². The minimum Gasteiger partial charge on any atom is -0.368 e. The fourth-order valence-electron chi connectivity index (χ4n) is 2.90. The highest BCUT2D eigenvalue weighted by molar-refractivity contribution is 7.89. The molecule has 0 aliphatic carbocycles. The molecule has 2 saturated heterocycles. The minimum atomic E-state index is -3.47. The van der Waals surface area contributed by atoms with Gasteiger partial charge in [0.05, 0.1) is 4.90 Å². The number of hydrogen-bond acceptors (Lipinski definition) is 4. The van der Waals surface area contributed by atoms with Crippen molar-refractivity contribution >= 4 is 15.9 Å². The monoisotopic (exact) mass is 327 g/mol. The highest BCUT2D eigenvalue weighted by Gasteiger charge is 2.34. The lowest BCUT2D eigenvalue weighted by molar-refractivity contribution is -0.142. The summed E-state index contributed by atoms with van der Waals surface area (Å²) in [5, 5.41) is 0. The molecule has 1 aromatic rings. The lowest BCUT2D eigenvalue weighted by Gasteiger charge is -2.34. The van der Waals surface area contributed by atoms with E-state index in [1.165, 1.54) is 4.31 Å². The first-order chi connectivity index (χ1) is 10.5. The number of piperazine rings is 1. The maximum atomic E-state index is 12.5. The standard InChI is InChI=1S/C14H21N3O4S/c1-15-5-4-12(11-15)22(19,20)17-8-6-16(7-9-17)14(18)13-3-2-10-21-13/h4-5,11,13H,2-3,6-10H2,1H3/t13-/m0/s1. The molecule has 0 spiro atoms. The number of hydrogen-bond donors (Lipinski definition) is 0. The Labute approximate surface area is 130 Å². The number of amides is 1. The van der Waals surface area contributed by atoms with E-state index in [-0.39, 0.29) is 12.0 Å². The first kappa shape index (κ1) is 15.5. The Morgan fingerprint density at radius 2 is 2.00 bits per heavy atom. The van der Waals surface area contributed by atoms with Gasteiger partial charge in [0.15, 0.2) is 0 Å². The largest absolute Gasteiger partial charge is 0.368 e. The predicted octanol–water partition coefficient (Wildman–Crippen LogP) is 0.0370. The van der Waals surface area contributed by atoms with Crippen molar-refractivity contribution in [2.24, 2.45) is 7.05 Å². The highest BCUT2D eigenvalue weighted by Crippen LogP contribution is 2.20. The number of sulfonamides is 1. The molecule has 2 aliphatic rings. The molecule has 3 heterocycles. The molecule has 3 rings (SSSR count). The number of rotatable bonds is 3. The van der Waals surface area contributed by atoms with E-state index >= 15 is 0 Å². The molecule has 7 nitrogen and oxygen atoms in total. The molecular weight excluding hydrogens is 306 g/mol. The normalized spacial score (nSPS) is 23.9. The predicted molar refractivity (Wildman–Crippen MR) is 79.7 cm³/mol. The summed E-state index contributed by atoms with van der Waals surface area (Å²) < 4.78 is 33.6. The van der Waals surface area contributed by atoms with Gasteiger partial charge in [0.25, 0.3) is 5.91 Å². The van der Waals surface area contributed by atoms with Crippen LogP contribution in [-0.2, 0) is 26.6 Å². The number of carbonyl (C=O) groups is 1. The molecule has 2 fully saturated rings. The lowest BCUT2D eigenvalue weighted by Crippen LogP contribution is -2.52. The van der Waals surface area contributed by atoms with E-state index in [1.54, 1.807) is 35.0 Å². The Hall–Kier alpha value is -1.38. The summed E-state index contributed by atoms with van der Waals surface area (Å²) in [6.07, 6.45) is 4.65. The maximum Gasteiger partial charge on any atom is 0.251 e. The van der Waals surface area contributed by atoms with Gasteiger partial charge in [-0.05, 0) is 18.9 Å². The Balaban J connectivity index is 1.63. The number of nitrogens with zero attached hydrogens (tertiary/aromatic N) is 3. The third-order valence-electron chi connectivity index (χ3n) is 4.20. The van der Waals surface area contributed by atoms with Gasteiger partial charge >= 0.3 is 0 Å². The van der Waals surface area contributed by atoms with Crippen LogP contribution in [-0.4, -0.2) is 67.0 Å². The van der Waals surface area contributed by atoms with Gasteiger partial charge < -0.3 is 14.2 Å². The summed E-state index contributed by atoms with van der Waals surface area (Å²) in [6.45, 7) is 2.14. The Kier molecular flexibility index (Phi) is 4.24. The second-order valence-corrected chi connectivity index (χ2v) is 7.68. The summed E-state index contributed by atoms with van der Waals surface area (Å²) in [4.78, 5) is 14.3. The van der Waals surface area contributed by atoms with Gasteiger partial charge in [-0.1, -0.05) is 0 Å². The average molecular weight is 327 g/mol. The van der Waals surface area contributed by atoms with Crippen molar-refractivity contribution in [2.45, 2.75) is 23.8 Å². The van der Waals surface area contributed by atoms with Crippen LogP contribution in [0.15, 0.2) is 23.4 Å². The molecule has 0 saturated carbocycles. The van der Waals surface area contributed by atoms with Crippen molar-refractivity contribution in [3.63, 3.8) is 0 Å². The van der Waals surface area contributed by atoms with Crippen molar-refractivity contribution in [2.75, 3.05) is 32.8 Å². The van der Waals surface area contributed by atoms with Crippen LogP contribution < -0.4 is 0 Å². The van der Waals surface area contributed by atoms with E-state index in [4.69, 9.17) is 4.74 Å². The van der Waals surface area contributed by atoms with Crippen LogP contribution in [0.25, 0.3) is 0 Å². The fourth-order valence-corrected chi connectivity index (χ4v) is 4.38. The van der Waals surface area contributed by atoms with E-state index < -0.39 is 10.0 Å². The molecule has 0 aromatic carbocycles. The van der Waals surface area contributed by atoms with Gasteiger partial charge in [-0.2, -0.15) is 4.31 Å². The molecule has 1 aromatic heterocycles. The van der Waals surface area contributed by atoms with Crippen molar-refractivity contribution < 1.29 is 17.9 Å². The lowest BCUT2D eigenvalue weighted by atomic mass is 10.2. The van der Waals surface area contributed by atoms with E-state index in [1.807, 2.05) is 0 Å². The van der Waals surface area contributed by atoms with Crippen molar-refractivity contribution in [1.29, 1.82) is 0 Å². The number of carbonyl (C=O) groups excluding carboxylic acids is 1. The first-order valence-electron chi connectivity index (χ1n) is 7.51. The summed E-state index contributed by atoms with van der Waals surface area (Å²) in [7, 11) is -1.68. The molecule has 1 atom stereocenters.